The lowest BCUT2D eigenvalue weighted by molar-refractivity contribution is 0.901. The van der Waals surface area contributed by atoms with E-state index in [0.717, 1.165) is 22.2 Å². The molecule has 2 aromatic heterocycles. The van der Waals surface area contributed by atoms with E-state index < -0.39 is 5.38 Å². The van der Waals surface area contributed by atoms with Crippen molar-refractivity contribution in [2.24, 2.45) is 7.05 Å². The van der Waals surface area contributed by atoms with E-state index in [4.69, 9.17) is 39.8 Å². The number of nitrogens with zero attached hydrogens (tertiary/aromatic N) is 2. The van der Waals surface area contributed by atoms with Gasteiger partial charge in [-0.1, -0.05) is 47.5 Å². The Labute approximate surface area is 177 Å². The van der Waals surface area contributed by atoms with E-state index in [1.807, 2.05) is 42.5 Å². The Morgan fingerprint density at radius 1 is 0.929 bits per heavy atom. The Kier molecular flexibility index (Phi) is 5.15. The summed E-state index contributed by atoms with van der Waals surface area (Å²) >= 11 is 18.8. The summed E-state index contributed by atoms with van der Waals surface area (Å²) in [4.78, 5) is 17.3. The molecule has 0 spiro atoms. The van der Waals surface area contributed by atoms with Crippen LogP contribution in [0, 0.1) is 0 Å². The van der Waals surface area contributed by atoms with Gasteiger partial charge in [0.2, 0.25) is 0 Å². The van der Waals surface area contributed by atoms with Crippen molar-refractivity contribution < 1.29 is 0 Å². The summed E-state index contributed by atoms with van der Waals surface area (Å²) in [6, 6.07) is 20.0. The van der Waals surface area contributed by atoms with E-state index in [2.05, 4.69) is 0 Å². The summed E-state index contributed by atoms with van der Waals surface area (Å²) < 4.78 is 1.58. The second kappa shape index (κ2) is 7.59. The molecule has 0 radical (unpaired) electrons. The number of aryl methyl sites for hydroxylation is 1. The maximum atomic E-state index is 12.4. The van der Waals surface area contributed by atoms with Crippen molar-refractivity contribution in [2.45, 2.75) is 5.38 Å². The average Bonchev–Trinajstić information content (AvgIpc) is 2.70. The van der Waals surface area contributed by atoms with Crippen LogP contribution in [-0.2, 0) is 7.05 Å². The van der Waals surface area contributed by atoms with Crippen molar-refractivity contribution in [1.82, 2.24) is 9.55 Å². The van der Waals surface area contributed by atoms with Gasteiger partial charge in [0.1, 0.15) is 5.38 Å². The van der Waals surface area contributed by atoms with Crippen LogP contribution in [0.1, 0.15) is 16.6 Å². The smallest absolute Gasteiger partial charge is 0.251 e. The van der Waals surface area contributed by atoms with Gasteiger partial charge >= 0.3 is 0 Å². The Morgan fingerprint density at radius 2 is 1.68 bits per heavy atom. The first-order chi connectivity index (χ1) is 13.4. The molecule has 4 aromatic rings. The normalized spacial score (nSPS) is 12.3. The zero-order valence-corrected chi connectivity index (χ0v) is 17.1. The topological polar surface area (TPSA) is 34.9 Å². The summed E-state index contributed by atoms with van der Waals surface area (Å²) in [5.74, 6) is 0. The van der Waals surface area contributed by atoms with Crippen molar-refractivity contribution in [3.05, 3.63) is 98.4 Å². The highest BCUT2D eigenvalue weighted by molar-refractivity contribution is 6.31. The van der Waals surface area contributed by atoms with Crippen molar-refractivity contribution in [1.29, 1.82) is 0 Å². The van der Waals surface area contributed by atoms with Crippen LogP contribution in [0.3, 0.4) is 0 Å². The van der Waals surface area contributed by atoms with E-state index in [9.17, 15) is 4.79 Å². The predicted molar refractivity (Wildman–Crippen MR) is 117 cm³/mol. The van der Waals surface area contributed by atoms with E-state index in [1.165, 1.54) is 0 Å². The average molecular weight is 430 g/mol. The Hall–Kier alpha value is -2.33. The number of hydrogen-bond donors (Lipinski definition) is 0. The van der Waals surface area contributed by atoms with Gasteiger partial charge in [0.05, 0.1) is 16.7 Å². The first-order valence-corrected chi connectivity index (χ1v) is 9.79. The molecule has 1 unspecified atom stereocenters. The molecule has 0 bridgehead atoms. The fraction of sp³-hybridized carbons (Fsp3) is 0.0909. The maximum absolute atomic E-state index is 12.4. The lowest BCUT2D eigenvalue weighted by Gasteiger charge is -2.14. The van der Waals surface area contributed by atoms with Gasteiger partial charge in [-0.2, -0.15) is 0 Å². The minimum absolute atomic E-state index is 0.114. The van der Waals surface area contributed by atoms with E-state index in [-0.39, 0.29) is 5.56 Å². The highest BCUT2D eigenvalue weighted by atomic mass is 35.5. The molecule has 140 valence electrons. The Balaban J connectivity index is 1.92. The van der Waals surface area contributed by atoms with Gasteiger partial charge in [0, 0.05) is 28.7 Å². The molecule has 2 heterocycles. The van der Waals surface area contributed by atoms with Crippen molar-refractivity contribution in [2.75, 3.05) is 0 Å². The predicted octanol–water partition coefficient (Wildman–Crippen LogP) is 6.24. The minimum atomic E-state index is -0.439. The van der Waals surface area contributed by atoms with Crippen LogP contribution < -0.4 is 5.56 Å². The molecule has 28 heavy (non-hydrogen) atoms. The molecular formula is C22H15Cl3N2O. The number of rotatable bonds is 3. The molecule has 4 rings (SSSR count). The number of pyridine rings is 2. The standard InChI is InChI=1S/C22H15Cl3N2O/c1-27-19-10-9-18(21(25)13-5-7-15(23)8-6-13)26-22(19)17(12-20(27)28)14-3-2-4-16(24)11-14/h2-12,21H,1H3. The molecular weight excluding hydrogens is 415 g/mol. The molecule has 0 aliphatic carbocycles. The fourth-order valence-electron chi connectivity index (χ4n) is 3.16. The van der Waals surface area contributed by atoms with Crippen LogP contribution in [0.15, 0.2) is 71.5 Å². The number of fused-ring (bicyclic) bond motifs is 1. The number of alkyl halides is 1. The number of aromatic nitrogens is 2. The zero-order valence-electron chi connectivity index (χ0n) is 14.9. The number of halogens is 3. The SMILES string of the molecule is Cn1c(=O)cc(-c2cccc(Cl)c2)c2nc(C(Cl)c3ccc(Cl)cc3)ccc21. The molecule has 0 aliphatic rings. The third-order valence-corrected chi connectivity index (χ3v) is 5.63. The largest absolute Gasteiger partial charge is 0.310 e. The van der Waals surface area contributed by atoms with Gasteiger partial charge in [-0.15, -0.1) is 11.6 Å². The van der Waals surface area contributed by atoms with Gasteiger partial charge < -0.3 is 4.57 Å². The van der Waals surface area contributed by atoms with Crippen LogP contribution in [0.5, 0.6) is 0 Å². The molecule has 0 N–H and O–H groups in total. The molecule has 0 amide bonds. The molecule has 1 atom stereocenters. The monoisotopic (exact) mass is 428 g/mol. The van der Waals surface area contributed by atoms with Gasteiger partial charge in [0.15, 0.2) is 0 Å². The molecule has 0 saturated carbocycles. The second-order valence-electron chi connectivity index (χ2n) is 6.48. The van der Waals surface area contributed by atoms with Crippen LogP contribution in [0.25, 0.3) is 22.2 Å². The maximum Gasteiger partial charge on any atom is 0.251 e. The highest BCUT2D eigenvalue weighted by Crippen LogP contribution is 2.32. The lowest BCUT2D eigenvalue weighted by Crippen LogP contribution is -2.17. The molecule has 3 nitrogen and oxygen atoms in total. The van der Waals surface area contributed by atoms with Crippen molar-refractivity contribution in [3.63, 3.8) is 0 Å². The van der Waals surface area contributed by atoms with Gasteiger partial charge in [-0.3, -0.25) is 4.79 Å². The van der Waals surface area contributed by atoms with Crippen molar-refractivity contribution >= 4 is 45.8 Å². The fourth-order valence-corrected chi connectivity index (χ4v) is 3.75. The summed E-state index contributed by atoms with van der Waals surface area (Å²) in [5.41, 5.74) is 4.45. The van der Waals surface area contributed by atoms with E-state index in [0.29, 0.717) is 21.3 Å². The minimum Gasteiger partial charge on any atom is -0.310 e. The third-order valence-electron chi connectivity index (χ3n) is 4.67. The van der Waals surface area contributed by atoms with Crippen molar-refractivity contribution in [3.8, 4) is 11.1 Å². The van der Waals surface area contributed by atoms with E-state index in [1.54, 1.807) is 35.9 Å². The third kappa shape index (κ3) is 3.53. The highest BCUT2D eigenvalue weighted by Gasteiger charge is 2.16. The summed E-state index contributed by atoms with van der Waals surface area (Å²) in [6.07, 6.45) is 0. The van der Waals surface area contributed by atoms with E-state index >= 15 is 0 Å². The first kappa shape index (κ1) is 19.0. The second-order valence-corrected chi connectivity index (χ2v) is 7.79. The van der Waals surface area contributed by atoms with Gasteiger partial charge in [0.25, 0.3) is 5.56 Å². The Morgan fingerprint density at radius 3 is 2.39 bits per heavy atom. The Bertz CT molecular complexity index is 1230. The van der Waals surface area contributed by atoms with Crippen LogP contribution in [0.4, 0.5) is 0 Å². The van der Waals surface area contributed by atoms with Crippen LogP contribution in [0.2, 0.25) is 10.0 Å². The van der Waals surface area contributed by atoms with Gasteiger partial charge in [-0.25, -0.2) is 4.98 Å². The molecule has 0 aliphatic heterocycles. The zero-order chi connectivity index (χ0) is 19.8. The number of hydrogen-bond acceptors (Lipinski definition) is 2. The first-order valence-electron chi connectivity index (χ1n) is 8.60. The summed E-state index contributed by atoms with van der Waals surface area (Å²) in [6.45, 7) is 0. The number of benzene rings is 2. The quantitative estimate of drug-likeness (QED) is 0.361. The summed E-state index contributed by atoms with van der Waals surface area (Å²) in [7, 11) is 1.73. The summed E-state index contributed by atoms with van der Waals surface area (Å²) in [5, 5.41) is 0.808. The molecule has 0 fully saturated rings. The van der Waals surface area contributed by atoms with Crippen LogP contribution in [-0.4, -0.2) is 9.55 Å². The lowest BCUT2D eigenvalue weighted by atomic mass is 10.0. The molecule has 2 aromatic carbocycles. The molecule has 0 saturated heterocycles. The van der Waals surface area contributed by atoms with Crippen LogP contribution >= 0.6 is 34.8 Å². The molecule has 6 heteroatoms. The van der Waals surface area contributed by atoms with Gasteiger partial charge in [-0.05, 0) is 47.5 Å².